The van der Waals surface area contributed by atoms with Crippen LogP contribution in [0.25, 0.3) is 0 Å². The summed E-state index contributed by atoms with van der Waals surface area (Å²) in [6.07, 6.45) is 6.14. The fourth-order valence-electron chi connectivity index (χ4n) is 1.05. The summed E-state index contributed by atoms with van der Waals surface area (Å²) in [5.74, 6) is -0.791. The van der Waals surface area contributed by atoms with Crippen LogP contribution in [0, 0.1) is 0 Å². The van der Waals surface area contributed by atoms with Crippen molar-refractivity contribution in [2.75, 3.05) is 0 Å². The van der Waals surface area contributed by atoms with Crippen LogP contribution in [0.4, 0.5) is 0 Å². The van der Waals surface area contributed by atoms with Crippen molar-refractivity contribution < 1.29 is 9.90 Å². The van der Waals surface area contributed by atoms with E-state index in [1.54, 1.807) is 6.20 Å². The fraction of sp³-hybridized carbons (Fsp3) is 0.375. The van der Waals surface area contributed by atoms with E-state index in [2.05, 4.69) is 5.32 Å². The Kier molecular flexibility index (Phi) is 2.31. The molecule has 1 aliphatic rings. The van der Waals surface area contributed by atoms with Gasteiger partial charge in [-0.2, -0.15) is 0 Å². The largest absolute Gasteiger partial charge is 0.480 e. The second kappa shape index (κ2) is 3.23. The van der Waals surface area contributed by atoms with Crippen molar-refractivity contribution in [3.63, 3.8) is 0 Å². The van der Waals surface area contributed by atoms with E-state index in [1.807, 2.05) is 19.1 Å². The highest BCUT2D eigenvalue weighted by Crippen LogP contribution is 2.13. The molecule has 0 spiro atoms. The van der Waals surface area contributed by atoms with Gasteiger partial charge >= 0.3 is 5.97 Å². The Hall–Kier alpha value is -1.25. The van der Waals surface area contributed by atoms with Gasteiger partial charge in [0.2, 0.25) is 0 Å². The van der Waals surface area contributed by atoms with Crippen LogP contribution in [0.1, 0.15) is 13.3 Å². The fourth-order valence-corrected chi connectivity index (χ4v) is 1.05. The van der Waals surface area contributed by atoms with Crippen LogP contribution in [0.5, 0.6) is 0 Å². The zero-order valence-corrected chi connectivity index (χ0v) is 6.37. The summed E-state index contributed by atoms with van der Waals surface area (Å²) < 4.78 is 0. The molecule has 0 fully saturated rings. The van der Waals surface area contributed by atoms with Crippen molar-refractivity contribution >= 4 is 5.97 Å². The van der Waals surface area contributed by atoms with Crippen molar-refractivity contribution in [1.29, 1.82) is 0 Å². The quantitative estimate of drug-likeness (QED) is 0.619. The van der Waals surface area contributed by atoms with Gasteiger partial charge in [0.25, 0.3) is 0 Å². The highest BCUT2D eigenvalue weighted by molar-refractivity contribution is 5.75. The van der Waals surface area contributed by atoms with Gasteiger partial charge in [-0.05, 0) is 12.5 Å². The van der Waals surface area contributed by atoms with Crippen LogP contribution in [-0.2, 0) is 4.79 Å². The Morgan fingerprint density at radius 3 is 3.09 bits per heavy atom. The third-order valence-electron chi connectivity index (χ3n) is 1.59. The van der Waals surface area contributed by atoms with E-state index in [1.165, 1.54) is 0 Å². The Labute approximate surface area is 65.4 Å². The van der Waals surface area contributed by atoms with Gasteiger partial charge in [-0.25, -0.2) is 4.79 Å². The highest BCUT2D eigenvalue weighted by Gasteiger charge is 2.20. The van der Waals surface area contributed by atoms with Crippen LogP contribution < -0.4 is 5.32 Å². The van der Waals surface area contributed by atoms with Crippen LogP contribution in [0.15, 0.2) is 23.9 Å². The molecule has 3 heteroatoms. The molecule has 11 heavy (non-hydrogen) atoms. The van der Waals surface area contributed by atoms with Crippen LogP contribution in [0.2, 0.25) is 0 Å². The molecule has 0 aromatic rings. The molecule has 0 saturated heterocycles. The van der Waals surface area contributed by atoms with E-state index in [4.69, 9.17) is 5.11 Å². The van der Waals surface area contributed by atoms with E-state index in [9.17, 15) is 4.79 Å². The van der Waals surface area contributed by atoms with E-state index in [0.717, 1.165) is 5.57 Å². The average Bonchev–Trinajstić information content (AvgIpc) is 2.37. The van der Waals surface area contributed by atoms with Crippen molar-refractivity contribution in [1.82, 2.24) is 5.32 Å². The smallest absolute Gasteiger partial charge is 0.326 e. The molecule has 1 rings (SSSR count). The van der Waals surface area contributed by atoms with Gasteiger partial charge < -0.3 is 10.4 Å². The standard InChI is InChI=1S/C8H11NO2/c1-2-3-6-4-7(8(10)11)9-5-6/h2-3,5,7,9H,4H2,1H3,(H,10,11)/b3-2+. The predicted octanol–water partition coefficient (Wildman–Crippen LogP) is 0.893. The summed E-state index contributed by atoms with van der Waals surface area (Å²) in [6.45, 7) is 1.91. The number of hydrogen-bond acceptors (Lipinski definition) is 2. The lowest BCUT2D eigenvalue weighted by atomic mass is 10.1. The monoisotopic (exact) mass is 153 g/mol. The van der Waals surface area contributed by atoms with Crippen molar-refractivity contribution in [2.24, 2.45) is 0 Å². The van der Waals surface area contributed by atoms with Crippen LogP contribution >= 0.6 is 0 Å². The average molecular weight is 153 g/mol. The lowest BCUT2D eigenvalue weighted by Gasteiger charge is -2.02. The minimum Gasteiger partial charge on any atom is -0.480 e. The molecule has 0 aromatic heterocycles. The third kappa shape index (κ3) is 1.83. The SMILES string of the molecule is C/C=C/C1=CNC(C(=O)O)C1. The lowest BCUT2D eigenvalue weighted by molar-refractivity contribution is -0.138. The lowest BCUT2D eigenvalue weighted by Crippen LogP contribution is -2.28. The Balaban J connectivity index is 2.49. The summed E-state index contributed by atoms with van der Waals surface area (Å²) in [5, 5.41) is 11.4. The Bertz CT molecular complexity index is 218. The molecule has 60 valence electrons. The van der Waals surface area contributed by atoms with Crippen LogP contribution in [0.3, 0.4) is 0 Å². The second-order valence-electron chi connectivity index (χ2n) is 2.48. The first kappa shape index (κ1) is 7.85. The molecule has 0 bridgehead atoms. The number of aliphatic carboxylic acids is 1. The van der Waals surface area contributed by atoms with Gasteiger partial charge in [0.05, 0.1) is 0 Å². The Morgan fingerprint density at radius 1 is 1.91 bits per heavy atom. The van der Waals surface area contributed by atoms with Gasteiger partial charge in [0, 0.05) is 12.6 Å². The Morgan fingerprint density at radius 2 is 2.64 bits per heavy atom. The normalized spacial score (nSPS) is 23.4. The highest BCUT2D eigenvalue weighted by atomic mass is 16.4. The summed E-state index contributed by atoms with van der Waals surface area (Å²) in [7, 11) is 0. The first-order valence-electron chi connectivity index (χ1n) is 3.54. The number of rotatable bonds is 2. The molecule has 3 nitrogen and oxygen atoms in total. The summed E-state index contributed by atoms with van der Waals surface area (Å²) in [6, 6.07) is -0.429. The summed E-state index contributed by atoms with van der Waals surface area (Å²) >= 11 is 0. The summed E-state index contributed by atoms with van der Waals surface area (Å²) in [4.78, 5) is 10.4. The van der Waals surface area contributed by atoms with Crippen molar-refractivity contribution in [3.8, 4) is 0 Å². The topological polar surface area (TPSA) is 49.3 Å². The molecule has 1 unspecified atom stereocenters. The molecule has 1 atom stereocenters. The van der Waals surface area contributed by atoms with Gasteiger partial charge in [-0.15, -0.1) is 0 Å². The molecule has 0 aromatic carbocycles. The van der Waals surface area contributed by atoms with E-state index in [-0.39, 0.29) is 0 Å². The first-order chi connectivity index (χ1) is 5.24. The molecule has 0 saturated carbocycles. The minimum atomic E-state index is -0.791. The predicted molar refractivity (Wildman–Crippen MR) is 42.1 cm³/mol. The van der Waals surface area contributed by atoms with Crippen LogP contribution in [-0.4, -0.2) is 17.1 Å². The number of carboxylic acids is 1. The number of hydrogen-bond donors (Lipinski definition) is 2. The zero-order valence-electron chi connectivity index (χ0n) is 6.37. The van der Waals surface area contributed by atoms with Gasteiger partial charge in [-0.3, -0.25) is 0 Å². The second-order valence-corrected chi connectivity index (χ2v) is 2.48. The molecule has 1 aliphatic heterocycles. The zero-order chi connectivity index (χ0) is 8.27. The molecule has 1 heterocycles. The third-order valence-corrected chi connectivity index (χ3v) is 1.59. The maximum absolute atomic E-state index is 10.4. The van der Waals surface area contributed by atoms with Gasteiger partial charge in [0.1, 0.15) is 6.04 Å². The molecule has 0 radical (unpaired) electrons. The molecule has 0 aliphatic carbocycles. The van der Waals surface area contributed by atoms with E-state index < -0.39 is 12.0 Å². The van der Waals surface area contributed by atoms with Gasteiger partial charge in [-0.1, -0.05) is 12.2 Å². The van der Waals surface area contributed by atoms with E-state index >= 15 is 0 Å². The maximum Gasteiger partial charge on any atom is 0.326 e. The number of allylic oxidation sites excluding steroid dienone is 2. The number of carboxylic acid groups (broad SMARTS) is 1. The maximum atomic E-state index is 10.4. The van der Waals surface area contributed by atoms with Gasteiger partial charge in [0.15, 0.2) is 0 Å². The number of nitrogens with one attached hydrogen (secondary N) is 1. The van der Waals surface area contributed by atoms with Crippen molar-refractivity contribution in [3.05, 3.63) is 23.9 Å². The summed E-state index contributed by atoms with van der Waals surface area (Å²) in [5.41, 5.74) is 1.04. The van der Waals surface area contributed by atoms with E-state index in [0.29, 0.717) is 6.42 Å². The molecular weight excluding hydrogens is 142 g/mol. The van der Waals surface area contributed by atoms with Crippen molar-refractivity contribution in [2.45, 2.75) is 19.4 Å². The first-order valence-corrected chi connectivity index (χ1v) is 3.54. The molecule has 0 amide bonds. The minimum absolute atomic E-state index is 0.429. The number of carbonyl (C=O) groups is 1. The molecule has 2 N–H and O–H groups in total. The molecular formula is C8H11NO2.